The van der Waals surface area contributed by atoms with E-state index in [1.165, 1.54) is 11.3 Å². The highest BCUT2D eigenvalue weighted by Crippen LogP contribution is 2.33. The molecule has 5 aromatic rings. The van der Waals surface area contributed by atoms with Crippen molar-refractivity contribution in [2.24, 2.45) is 0 Å². The van der Waals surface area contributed by atoms with Crippen molar-refractivity contribution in [3.8, 4) is 11.1 Å². The van der Waals surface area contributed by atoms with Crippen LogP contribution in [0.25, 0.3) is 21.3 Å². The van der Waals surface area contributed by atoms with Crippen molar-refractivity contribution in [2.75, 3.05) is 0 Å². The number of amides is 1. The van der Waals surface area contributed by atoms with E-state index < -0.39 is 39.2 Å². The van der Waals surface area contributed by atoms with Gasteiger partial charge in [-0.1, -0.05) is 36.4 Å². The van der Waals surface area contributed by atoms with Gasteiger partial charge in [-0.15, -0.1) is 21.5 Å². The van der Waals surface area contributed by atoms with E-state index >= 15 is 0 Å². The number of aromatic nitrogens is 3. The van der Waals surface area contributed by atoms with E-state index in [0.29, 0.717) is 10.5 Å². The molecule has 5 rings (SSSR count). The summed E-state index contributed by atoms with van der Waals surface area (Å²) in [6.45, 7) is 0. The molecule has 0 radical (unpaired) electrons. The third-order valence-electron chi connectivity index (χ3n) is 5.59. The number of hydrogen-bond acceptors (Lipinski definition) is 7. The Bertz CT molecular complexity index is 1750. The lowest BCUT2D eigenvalue weighted by Crippen LogP contribution is -2.29. The molecule has 3 aromatic carbocycles. The summed E-state index contributed by atoms with van der Waals surface area (Å²) in [6.07, 6.45) is -4.54. The summed E-state index contributed by atoms with van der Waals surface area (Å²) in [5.41, 5.74) is 1.68. The third kappa shape index (κ3) is 6.16. The number of carbonyl (C=O) groups is 1. The molecule has 8 nitrogen and oxygen atoms in total. The highest BCUT2D eigenvalue weighted by Gasteiger charge is 2.31. The topological polar surface area (TPSA) is 118 Å². The summed E-state index contributed by atoms with van der Waals surface area (Å²) < 4.78 is 66.5. The normalized spacial score (nSPS) is 14.2. The lowest BCUT2D eigenvalue weighted by molar-refractivity contribution is -0.137. The second-order valence-corrected chi connectivity index (χ2v) is 11.4. The molecule has 0 saturated carbocycles. The number of nitrogens with zero attached hydrogens (tertiary/aromatic N) is 3. The van der Waals surface area contributed by atoms with Crippen molar-refractivity contribution in [3.63, 3.8) is 0 Å². The van der Waals surface area contributed by atoms with Crippen molar-refractivity contribution >= 4 is 43.1 Å². The molecule has 2 N–H and O–H groups in total. The summed E-state index contributed by atoms with van der Waals surface area (Å²) in [6, 6.07) is 18.0. The standard InChI is InChI=1S/C26H19F3N4O4S2/c1-39(35,36)14-21-32-33-24(37-21)22(31-23(34)16-7-10-18(11-8-16)26(27,28)29)25-30-19-12-9-17(13-20(19)38-25)15-5-3-2-4-6-15/h2-13,22H,1,14H2,(H,31,34)(H,35,36). The number of benzene rings is 3. The van der Waals surface area contributed by atoms with Gasteiger partial charge in [0.05, 0.1) is 25.6 Å². The molecular weight excluding hydrogens is 553 g/mol. The molecule has 0 bridgehead atoms. The number of fused-ring (bicyclic) bond motifs is 1. The fourth-order valence-corrected chi connectivity index (χ4v) is 5.32. The molecule has 2 atom stereocenters. The van der Waals surface area contributed by atoms with E-state index in [9.17, 15) is 26.7 Å². The first-order valence-electron chi connectivity index (χ1n) is 11.3. The monoisotopic (exact) mass is 572 g/mol. The third-order valence-corrected chi connectivity index (χ3v) is 7.37. The van der Waals surface area contributed by atoms with Crippen LogP contribution in [0.4, 0.5) is 13.2 Å². The molecule has 0 aliphatic carbocycles. The number of carbonyl (C=O) groups excluding carboxylic acids is 1. The van der Waals surface area contributed by atoms with Crippen LogP contribution in [-0.4, -0.2) is 35.7 Å². The first-order chi connectivity index (χ1) is 18.5. The fraction of sp³-hybridized carbons (Fsp3) is 0.115. The van der Waals surface area contributed by atoms with E-state index in [2.05, 4.69) is 26.4 Å². The van der Waals surface area contributed by atoms with Gasteiger partial charge in [0, 0.05) is 5.56 Å². The van der Waals surface area contributed by atoms with Crippen LogP contribution in [-0.2, 0) is 21.7 Å². The number of hydrogen-bond donors (Lipinski definition) is 2. The smallest absolute Gasteiger partial charge is 0.416 e. The van der Waals surface area contributed by atoms with Gasteiger partial charge in [-0.3, -0.25) is 4.79 Å². The molecular formula is C26H19F3N4O4S2. The first kappa shape index (κ1) is 26.5. The second kappa shape index (κ2) is 10.2. The maximum atomic E-state index is 13.1. The van der Waals surface area contributed by atoms with Gasteiger partial charge in [-0.05, 0) is 53.4 Å². The summed E-state index contributed by atoms with van der Waals surface area (Å²) in [5.74, 6) is 1.65. The second-order valence-electron chi connectivity index (χ2n) is 8.53. The Morgan fingerprint density at radius 1 is 1.05 bits per heavy atom. The van der Waals surface area contributed by atoms with Crippen LogP contribution in [0, 0.1) is 0 Å². The molecule has 2 unspecified atom stereocenters. The number of thiazole rings is 1. The van der Waals surface area contributed by atoms with E-state index in [1.54, 1.807) is 0 Å². The number of alkyl halides is 3. The Morgan fingerprint density at radius 2 is 1.77 bits per heavy atom. The molecule has 0 fully saturated rings. The molecule has 0 aliphatic rings. The van der Waals surface area contributed by atoms with Crippen molar-refractivity contribution in [3.05, 3.63) is 101 Å². The lowest BCUT2D eigenvalue weighted by Gasteiger charge is -2.13. The molecule has 0 spiro atoms. The van der Waals surface area contributed by atoms with Gasteiger partial charge in [-0.2, -0.15) is 13.2 Å². The Labute approximate surface area is 224 Å². The van der Waals surface area contributed by atoms with Gasteiger partial charge < -0.3 is 14.3 Å². The summed E-state index contributed by atoms with van der Waals surface area (Å²) >= 11 is 1.25. The van der Waals surface area contributed by atoms with E-state index in [0.717, 1.165) is 40.1 Å². The average molecular weight is 573 g/mol. The van der Waals surface area contributed by atoms with E-state index in [1.807, 2.05) is 48.5 Å². The summed E-state index contributed by atoms with van der Waals surface area (Å²) in [7, 11) is -3.48. The zero-order chi connectivity index (χ0) is 27.8. The molecule has 200 valence electrons. The molecule has 1 amide bonds. The number of halogens is 3. The van der Waals surface area contributed by atoms with E-state index in [-0.39, 0.29) is 17.3 Å². The van der Waals surface area contributed by atoms with Gasteiger partial charge in [0.25, 0.3) is 5.91 Å². The largest absolute Gasteiger partial charge is 0.421 e. The zero-order valence-corrected chi connectivity index (χ0v) is 21.5. The van der Waals surface area contributed by atoms with Crippen LogP contribution in [0.5, 0.6) is 0 Å². The van der Waals surface area contributed by atoms with Gasteiger partial charge in [-0.25, -0.2) is 9.19 Å². The number of rotatable bonds is 7. The van der Waals surface area contributed by atoms with Crippen LogP contribution in [0.15, 0.2) is 77.2 Å². The van der Waals surface area contributed by atoms with Crippen molar-refractivity contribution in [2.45, 2.75) is 18.0 Å². The molecule has 0 aliphatic heterocycles. The zero-order valence-electron chi connectivity index (χ0n) is 19.9. The van der Waals surface area contributed by atoms with Crippen molar-refractivity contribution < 1.29 is 31.1 Å². The Kier molecular flexibility index (Phi) is 6.97. The molecule has 13 heteroatoms. The highest BCUT2D eigenvalue weighted by molar-refractivity contribution is 7.94. The van der Waals surface area contributed by atoms with Crippen LogP contribution >= 0.6 is 11.3 Å². The van der Waals surface area contributed by atoms with Crippen LogP contribution in [0.2, 0.25) is 0 Å². The van der Waals surface area contributed by atoms with Crippen molar-refractivity contribution in [1.82, 2.24) is 20.5 Å². The van der Waals surface area contributed by atoms with E-state index in [4.69, 9.17) is 4.42 Å². The van der Waals surface area contributed by atoms with Crippen LogP contribution in [0.3, 0.4) is 0 Å². The highest BCUT2D eigenvalue weighted by atomic mass is 32.2. The maximum Gasteiger partial charge on any atom is 0.416 e. The van der Waals surface area contributed by atoms with Crippen LogP contribution in [0.1, 0.15) is 38.8 Å². The van der Waals surface area contributed by atoms with Gasteiger partial charge in [0.15, 0.2) is 6.04 Å². The summed E-state index contributed by atoms with van der Waals surface area (Å²) in [5, 5.41) is 10.8. The fourth-order valence-electron chi connectivity index (χ4n) is 3.76. The Hall–Kier alpha value is -4.07. The average Bonchev–Trinajstić information content (AvgIpc) is 3.52. The van der Waals surface area contributed by atoms with Gasteiger partial charge in [0.1, 0.15) is 10.8 Å². The Morgan fingerprint density at radius 3 is 2.44 bits per heavy atom. The summed E-state index contributed by atoms with van der Waals surface area (Å²) in [4.78, 5) is 17.7. The number of nitrogens with one attached hydrogen (secondary N) is 1. The van der Waals surface area contributed by atoms with Crippen molar-refractivity contribution in [1.29, 1.82) is 0 Å². The SMILES string of the molecule is C=S(=O)(O)Cc1nnc(C(NC(=O)c2ccc(C(F)(F)F)cc2)c2nc3ccc(-c4ccccc4)cc3s2)o1. The minimum atomic E-state index is -4.54. The predicted octanol–water partition coefficient (Wildman–Crippen LogP) is 5.57. The predicted molar refractivity (Wildman–Crippen MR) is 142 cm³/mol. The Balaban J connectivity index is 1.51. The molecule has 2 heterocycles. The quantitative estimate of drug-likeness (QED) is 0.245. The minimum Gasteiger partial charge on any atom is -0.421 e. The first-order valence-corrected chi connectivity index (χ1v) is 14.0. The van der Waals surface area contributed by atoms with Gasteiger partial charge >= 0.3 is 6.18 Å². The van der Waals surface area contributed by atoms with Gasteiger partial charge in [0.2, 0.25) is 11.8 Å². The minimum absolute atomic E-state index is 0.0312. The molecule has 39 heavy (non-hydrogen) atoms. The van der Waals surface area contributed by atoms with Crippen LogP contribution < -0.4 is 5.32 Å². The maximum absolute atomic E-state index is 13.1. The molecule has 2 aromatic heterocycles. The lowest BCUT2D eigenvalue weighted by atomic mass is 10.1. The molecule has 0 saturated heterocycles.